The van der Waals surface area contributed by atoms with E-state index in [-0.39, 0.29) is 11.9 Å². The van der Waals surface area contributed by atoms with Gasteiger partial charge in [0.25, 0.3) is 0 Å². The Morgan fingerprint density at radius 2 is 1.90 bits per heavy atom. The molecule has 0 radical (unpaired) electrons. The van der Waals surface area contributed by atoms with Gasteiger partial charge in [-0.2, -0.15) is 0 Å². The number of nitrogens with one attached hydrogen (secondary N) is 1. The van der Waals surface area contributed by atoms with Crippen LogP contribution in [0, 0.1) is 0 Å². The molecule has 30 heavy (non-hydrogen) atoms. The van der Waals surface area contributed by atoms with Crippen LogP contribution in [0.15, 0.2) is 54.6 Å². The van der Waals surface area contributed by atoms with E-state index in [4.69, 9.17) is 10.5 Å². The second-order valence-corrected chi connectivity index (χ2v) is 7.83. The van der Waals surface area contributed by atoms with Crippen molar-refractivity contribution in [3.05, 3.63) is 65.7 Å². The Bertz CT molecular complexity index is 821. The fourth-order valence-corrected chi connectivity index (χ4v) is 3.92. The number of carbonyl (C=O) groups excluding carboxylic acids is 2. The minimum Gasteiger partial charge on any atom is -0.489 e. The number of carbonyl (C=O) groups is 2. The molecule has 1 saturated heterocycles. The number of amides is 2. The molecule has 2 aromatic carbocycles. The van der Waals surface area contributed by atoms with E-state index in [1.165, 1.54) is 0 Å². The third-order valence-electron chi connectivity index (χ3n) is 5.40. The average Bonchev–Trinajstić information content (AvgIpc) is 2.74. The summed E-state index contributed by atoms with van der Waals surface area (Å²) in [4.78, 5) is 27.3. The van der Waals surface area contributed by atoms with Gasteiger partial charge in [0.05, 0.1) is 0 Å². The number of benzene rings is 2. The van der Waals surface area contributed by atoms with Crippen LogP contribution < -0.4 is 15.8 Å². The molecule has 0 bridgehead atoms. The Morgan fingerprint density at radius 1 is 1.17 bits per heavy atom. The number of piperidine rings is 1. The molecule has 0 aromatic heterocycles. The Kier molecular flexibility index (Phi) is 7.85. The zero-order valence-corrected chi connectivity index (χ0v) is 17.5. The molecule has 3 N–H and O–H groups in total. The fraction of sp³-hybridized carbons (Fsp3) is 0.417. The summed E-state index contributed by atoms with van der Waals surface area (Å²) in [5.74, 6) is -1.31. The molecule has 1 aliphatic heterocycles. The van der Waals surface area contributed by atoms with E-state index in [0.717, 1.165) is 44.5 Å². The van der Waals surface area contributed by atoms with E-state index in [2.05, 4.69) is 17.1 Å². The van der Waals surface area contributed by atoms with Gasteiger partial charge in [0, 0.05) is 12.6 Å². The highest BCUT2D eigenvalue weighted by molar-refractivity contribution is 6.05. The topological polar surface area (TPSA) is 84.7 Å². The second-order valence-electron chi connectivity index (χ2n) is 7.83. The molecule has 0 aliphatic carbocycles. The van der Waals surface area contributed by atoms with Crippen LogP contribution in [0.3, 0.4) is 0 Å². The molecule has 0 spiro atoms. The molecule has 2 amide bonds. The second kappa shape index (κ2) is 10.8. The first-order valence-electron chi connectivity index (χ1n) is 10.7. The highest BCUT2D eigenvalue weighted by atomic mass is 16.5. The Balaban J connectivity index is 1.61. The van der Waals surface area contributed by atoms with Crippen molar-refractivity contribution in [1.29, 1.82) is 0 Å². The first-order chi connectivity index (χ1) is 14.6. The maximum absolute atomic E-state index is 12.9. The van der Waals surface area contributed by atoms with Crippen molar-refractivity contribution in [3.63, 3.8) is 0 Å². The van der Waals surface area contributed by atoms with E-state index in [9.17, 15) is 9.59 Å². The van der Waals surface area contributed by atoms with Gasteiger partial charge in [0.2, 0.25) is 11.8 Å². The highest BCUT2D eigenvalue weighted by Gasteiger charge is 2.29. The summed E-state index contributed by atoms with van der Waals surface area (Å²) in [5, 5.41) is 3.04. The molecule has 2 atom stereocenters. The summed E-state index contributed by atoms with van der Waals surface area (Å²) in [7, 11) is 0. The lowest BCUT2D eigenvalue weighted by molar-refractivity contribution is -0.130. The Labute approximate surface area is 178 Å². The standard InChI is InChI=1S/C24H31N3O3/c1-2-14-27-15-6-9-20(16-27)26-24(29)22(23(25)28)19-10-12-21(13-11-19)30-17-18-7-4-3-5-8-18/h3-5,7-8,10-13,20,22H,2,6,9,14-17H2,1H3,(H2,25,28)(H,26,29). The number of rotatable bonds is 9. The predicted octanol–water partition coefficient (Wildman–Crippen LogP) is 2.83. The lowest BCUT2D eigenvalue weighted by Gasteiger charge is -2.33. The molecule has 2 unspecified atom stereocenters. The molecule has 0 saturated carbocycles. The Hall–Kier alpha value is -2.86. The molecule has 6 heteroatoms. The van der Waals surface area contributed by atoms with Gasteiger partial charge in [-0.05, 0) is 55.6 Å². The molecular formula is C24H31N3O3. The Morgan fingerprint density at radius 3 is 2.57 bits per heavy atom. The summed E-state index contributed by atoms with van der Waals surface area (Å²) in [6.45, 7) is 5.51. The molecule has 160 valence electrons. The summed E-state index contributed by atoms with van der Waals surface area (Å²) >= 11 is 0. The van der Waals surface area contributed by atoms with Gasteiger partial charge < -0.3 is 20.7 Å². The first-order valence-corrected chi connectivity index (χ1v) is 10.7. The van der Waals surface area contributed by atoms with Crippen LogP contribution in [-0.4, -0.2) is 42.4 Å². The molecule has 1 aliphatic rings. The van der Waals surface area contributed by atoms with Gasteiger partial charge in [0.1, 0.15) is 18.3 Å². The van der Waals surface area contributed by atoms with Gasteiger partial charge in [-0.3, -0.25) is 9.59 Å². The van der Waals surface area contributed by atoms with Crippen molar-refractivity contribution in [1.82, 2.24) is 10.2 Å². The maximum atomic E-state index is 12.9. The molecule has 6 nitrogen and oxygen atoms in total. The molecule has 2 aromatic rings. The van der Waals surface area contributed by atoms with Crippen LogP contribution in [0.2, 0.25) is 0 Å². The first kappa shape index (κ1) is 21.8. The minimum atomic E-state index is -1.00. The van der Waals surface area contributed by atoms with Crippen LogP contribution >= 0.6 is 0 Å². The van der Waals surface area contributed by atoms with E-state index in [0.29, 0.717) is 17.9 Å². The lowest BCUT2D eigenvalue weighted by atomic mass is 9.96. The summed E-state index contributed by atoms with van der Waals surface area (Å²) in [6.07, 6.45) is 3.05. The smallest absolute Gasteiger partial charge is 0.237 e. The normalized spacial score (nSPS) is 17.8. The number of primary amides is 1. The molecular weight excluding hydrogens is 378 g/mol. The van der Waals surface area contributed by atoms with E-state index >= 15 is 0 Å². The molecule has 1 heterocycles. The third-order valence-corrected chi connectivity index (χ3v) is 5.40. The van der Waals surface area contributed by atoms with Crippen LogP contribution in [0.4, 0.5) is 0 Å². The van der Waals surface area contributed by atoms with E-state index in [1.54, 1.807) is 24.3 Å². The SMILES string of the molecule is CCCN1CCCC(NC(=O)C(C(N)=O)c2ccc(OCc3ccccc3)cc2)C1. The van der Waals surface area contributed by atoms with Gasteiger partial charge in [0.15, 0.2) is 0 Å². The predicted molar refractivity (Wildman–Crippen MR) is 117 cm³/mol. The number of hydrogen-bond acceptors (Lipinski definition) is 4. The van der Waals surface area contributed by atoms with Gasteiger partial charge >= 0.3 is 0 Å². The van der Waals surface area contributed by atoms with E-state index < -0.39 is 11.8 Å². The third kappa shape index (κ3) is 6.07. The summed E-state index contributed by atoms with van der Waals surface area (Å²) in [5.41, 5.74) is 7.23. The van der Waals surface area contributed by atoms with Crippen molar-refractivity contribution in [3.8, 4) is 5.75 Å². The van der Waals surface area contributed by atoms with Crippen LogP contribution in [0.25, 0.3) is 0 Å². The van der Waals surface area contributed by atoms with Crippen LogP contribution in [0.1, 0.15) is 43.2 Å². The van der Waals surface area contributed by atoms with Crippen LogP contribution in [-0.2, 0) is 16.2 Å². The largest absolute Gasteiger partial charge is 0.489 e. The highest BCUT2D eigenvalue weighted by Crippen LogP contribution is 2.22. The van der Waals surface area contributed by atoms with Gasteiger partial charge in [-0.25, -0.2) is 0 Å². The summed E-state index contributed by atoms with van der Waals surface area (Å²) < 4.78 is 5.78. The average molecular weight is 410 g/mol. The van der Waals surface area contributed by atoms with Crippen molar-refractivity contribution in [2.75, 3.05) is 19.6 Å². The van der Waals surface area contributed by atoms with E-state index in [1.807, 2.05) is 30.3 Å². The van der Waals surface area contributed by atoms with Crippen LogP contribution in [0.5, 0.6) is 5.75 Å². The summed E-state index contributed by atoms with van der Waals surface area (Å²) in [6, 6.07) is 16.9. The number of nitrogens with two attached hydrogens (primary N) is 1. The fourth-order valence-electron chi connectivity index (χ4n) is 3.92. The van der Waals surface area contributed by atoms with Crippen molar-refractivity contribution in [2.45, 2.75) is 44.8 Å². The number of nitrogens with zero attached hydrogens (tertiary/aromatic N) is 1. The maximum Gasteiger partial charge on any atom is 0.237 e. The van der Waals surface area contributed by atoms with Gasteiger partial charge in [-0.15, -0.1) is 0 Å². The molecule has 3 rings (SSSR count). The zero-order valence-electron chi connectivity index (χ0n) is 17.5. The van der Waals surface area contributed by atoms with Crippen molar-refractivity contribution >= 4 is 11.8 Å². The quantitative estimate of drug-likeness (QED) is 0.624. The number of hydrogen-bond donors (Lipinski definition) is 2. The van der Waals surface area contributed by atoms with Crippen molar-refractivity contribution < 1.29 is 14.3 Å². The molecule has 1 fully saturated rings. The van der Waals surface area contributed by atoms with Gasteiger partial charge in [-0.1, -0.05) is 49.4 Å². The monoisotopic (exact) mass is 409 g/mol. The number of ether oxygens (including phenoxy) is 1. The minimum absolute atomic E-state index is 0.0492. The lowest BCUT2D eigenvalue weighted by Crippen LogP contribution is -2.50. The van der Waals surface area contributed by atoms with Crippen molar-refractivity contribution in [2.24, 2.45) is 5.73 Å². The zero-order chi connectivity index (χ0) is 21.3. The number of likely N-dealkylation sites (tertiary alicyclic amines) is 1.